The first-order valence-electron chi connectivity index (χ1n) is 5.35. The number of hydrogen-bond donors (Lipinski definition) is 0. The average Bonchev–Trinajstić information content (AvgIpc) is 2.27. The molecule has 82 valence electrons. The van der Waals surface area contributed by atoms with Crippen LogP contribution in [0.25, 0.3) is 0 Å². The van der Waals surface area contributed by atoms with Gasteiger partial charge in [-0.15, -0.1) is 0 Å². The van der Waals surface area contributed by atoms with E-state index in [-0.39, 0.29) is 0 Å². The van der Waals surface area contributed by atoms with Crippen molar-refractivity contribution in [2.24, 2.45) is 5.92 Å². The van der Waals surface area contributed by atoms with Crippen LogP contribution >= 0.6 is 0 Å². The average molecular weight is 204 g/mol. The summed E-state index contributed by atoms with van der Waals surface area (Å²) in [5, 5.41) is 0. The van der Waals surface area contributed by atoms with E-state index in [1.54, 1.807) is 7.11 Å². The minimum absolute atomic E-state index is 0.508. The van der Waals surface area contributed by atoms with Crippen molar-refractivity contribution in [3.8, 4) is 5.75 Å². The number of allylic oxidation sites excluding steroid dienone is 1. The summed E-state index contributed by atoms with van der Waals surface area (Å²) in [5.74, 6) is 1.93. The summed E-state index contributed by atoms with van der Waals surface area (Å²) in [6.45, 7) is 10.6. The van der Waals surface area contributed by atoms with Gasteiger partial charge in [0, 0.05) is 0 Å². The molecule has 0 saturated heterocycles. The van der Waals surface area contributed by atoms with Gasteiger partial charge >= 0.3 is 0 Å². The number of benzene rings is 1. The van der Waals surface area contributed by atoms with E-state index in [4.69, 9.17) is 4.74 Å². The van der Waals surface area contributed by atoms with Gasteiger partial charge in [-0.1, -0.05) is 38.1 Å². The van der Waals surface area contributed by atoms with E-state index in [0.29, 0.717) is 11.8 Å². The third-order valence-electron chi connectivity index (χ3n) is 3.17. The van der Waals surface area contributed by atoms with Crippen LogP contribution in [0.3, 0.4) is 0 Å². The van der Waals surface area contributed by atoms with Crippen molar-refractivity contribution in [3.05, 3.63) is 42.0 Å². The smallest absolute Gasteiger partial charge is 0.118 e. The van der Waals surface area contributed by atoms with Gasteiger partial charge in [-0.25, -0.2) is 0 Å². The van der Waals surface area contributed by atoms with Gasteiger partial charge in [-0.3, -0.25) is 0 Å². The molecule has 0 spiro atoms. The van der Waals surface area contributed by atoms with Gasteiger partial charge in [0.1, 0.15) is 5.75 Å². The fourth-order valence-corrected chi connectivity index (χ4v) is 1.62. The van der Waals surface area contributed by atoms with E-state index in [1.807, 2.05) is 12.1 Å². The Morgan fingerprint density at radius 1 is 1.20 bits per heavy atom. The standard InChI is InChI=1S/C14H20O/c1-10(2)11(3)12(4)13-6-8-14(15-5)9-7-13/h6-9,11-12H,1H2,2-5H3. The molecule has 0 heterocycles. The molecule has 0 aliphatic heterocycles. The fourth-order valence-electron chi connectivity index (χ4n) is 1.62. The molecule has 0 amide bonds. The highest BCUT2D eigenvalue weighted by molar-refractivity contribution is 5.30. The zero-order chi connectivity index (χ0) is 11.4. The molecule has 0 aliphatic carbocycles. The normalized spacial score (nSPS) is 14.4. The van der Waals surface area contributed by atoms with Crippen LogP contribution in [0.4, 0.5) is 0 Å². The number of ether oxygens (including phenoxy) is 1. The summed E-state index contributed by atoms with van der Waals surface area (Å²) in [4.78, 5) is 0. The lowest BCUT2D eigenvalue weighted by atomic mass is 9.85. The molecule has 1 heteroatoms. The molecular formula is C14H20O. The summed E-state index contributed by atoms with van der Waals surface area (Å²) in [6.07, 6.45) is 0. The monoisotopic (exact) mass is 204 g/mol. The first-order chi connectivity index (χ1) is 7.06. The number of rotatable bonds is 4. The van der Waals surface area contributed by atoms with Crippen molar-refractivity contribution in [3.63, 3.8) is 0 Å². The van der Waals surface area contributed by atoms with Gasteiger partial charge in [-0.05, 0) is 36.5 Å². The summed E-state index contributed by atoms with van der Waals surface area (Å²) in [7, 11) is 1.69. The van der Waals surface area contributed by atoms with E-state index >= 15 is 0 Å². The van der Waals surface area contributed by atoms with Crippen LogP contribution in [0.5, 0.6) is 5.75 Å². The van der Waals surface area contributed by atoms with Gasteiger partial charge in [-0.2, -0.15) is 0 Å². The van der Waals surface area contributed by atoms with Gasteiger partial charge < -0.3 is 4.74 Å². The van der Waals surface area contributed by atoms with Crippen molar-refractivity contribution < 1.29 is 4.74 Å². The molecule has 2 unspecified atom stereocenters. The predicted octanol–water partition coefficient (Wildman–Crippen LogP) is 4.01. The molecular weight excluding hydrogens is 184 g/mol. The van der Waals surface area contributed by atoms with Gasteiger partial charge in [0.25, 0.3) is 0 Å². The topological polar surface area (TPSA) is 9.23 Å². The Kier molecular flexibility index (Phi) is 3.96. The second kappa shape index (κ2) is 5.01. The summed E-state index contributed by atoms with van der Waals surface area (Å²) < 4.78 is 5.14. The number of methoxy groups -OCH3 is 1. The summed E-state index contributed by atoms with van der Waals surface area (Å²) in [5.41, 5.74) is 2.57. The first kappa shape index (κ1) is 11.8. The van der Waals surface area contributed by atoms with Crippen LogP contribution in [-0.4, -0.2) is 7.11 Å². The number of hydrogen-bond acceptors (Lipinski definition) is 1. The maximum atomic E-state index is 5.14. The largest absolute Gasteiger partial charge is 0.497 e. The molecule has 0 N–H and O–H groups in total. The predicted molar refractivity (Wildman–Crippen MR) is 65.4 cm³/mol. The molecule has 1 nitrogen and oxygen atoms in total. The van der Waals surface area contributed by atoms with Crippen LogP contribution in [0.15, 0.2) is 36.4 Å². The molecule has 15 heavy (non-hydrogen) atoms. The molecule has 0 radical (unpaired) electrons. The third-order valence-corrected chi connectivity index (χ3v) is 3.17. The maximum absolute atomic E-state index is 5.14. The Balaban J connectivity index is 2.82. The van der Waals surface area contributed by atoms with Gasteiger partial charge in [0.2, 0.25) is 0 Å². The zero-order valence-corrected chi connectivity index (χ0v) is 10.1. The Morgan fingerprint density at radius 2 is 1.73 bits per heavy atom. The van der Waals surface area contributed by atoms with Crippen LogP contribution in [-0.2, 0) is 0 Å². The van der Waals surface area contributed by atoms with Crippen LogP contribution in [0.1, 0.15) is 32.3 Å². The second-order valence-corrected chi connectivity index (χ2v) is 4.20. The second-order valence-electron chi connectivity index (χ2n) is 4.20. The van der Waals surface area contributed by atoms with Gasteiger partial charge in [0.05, 0.1) is 7.11 Å². The molecule has 0 aliphatic rings. The molecule has 1 aromatic rings. The highest BCUT2D eigenvalue weighted by atomic mass is 16.5. The zero-order valence-electron chi connectivity index (χ0n) is 10.1. The molecule has 0 aromatic heterocycles. The summed E-state index contributed by atoms with van der Waals surface area (Å²) >= 11 is 0. The molecule has 1 rings (SSSR count). The Labute approximate surface area is 92.8 Å². The third kappa shape index (κ3) is 2.85. The van der Waals surface area contributed by atoms with Crippen molar-refractivity contribution in [2.75, 3.05) is 7.11 Å². The van der Waals surface area contributed by atoms with E-state index in [2.05, 4.69) is 39.5 Å². The van der Waals surface area contributed by atoms with E-state index in [0.717, 1.165) is 5.75 Å². The van der Waals surface area contributed by atoms with Crippen molar-refractivity contribution in [2.45, 2.75) is 26.7 Å². The SMILES string of the molecule is C=C(C)C(C)C(C)c1ccc(OC)cc1. The first-order valence-corrected chi connectivity index (χ1v) is 5.35. The molecule has 0 fully saturated rings. The van der Waals surface area contributed by atoms with E-state index < -0.39 is 0 Å². The van der Waals surface area contributed by atoms with Gasteiger partial charge in [0.15, 0.2) is 0 Å². The molecule has 0 saturated carbocycles. The Morgan fingerprint density at radius 3 is 2.13 bits per heavy atom. The molecule has 2 atom stereocenters. The summed E-state index contributed by atoms with van der Waals surface area (Å²) in [6, 6.07) is 8.28. The lowest BCUT2D eigenvalue weighted by Gasteiger charge is -2.20. The van der Waals surface area contributed by atoms with Crippen molar-refractivity contribution >= 4 is 0 Å². The highest BCUT2D eigenvalue weighted by Crippen LogP contribution is 2.29. The fraction of sp³-hybridized carbons (Fsp3) is 0.429. The Hall–Kier alpha value is -1.24. The molecule has 0 bridgehead atoms. The maximum Gasteiger partial charge on any atom is 0.118 e. The Bertz CT molecular complexity index is 324. The van der Waals surface area contributed by atoms with Crippen molar-refractivity contribution in [1.82, 2.24) is 0 Å². The minimum atomic E-state index is 0.508. The van der Waals surface area contributed by atoms with Crippen LogP contribution in [0.2, 0.25) is 0 Å². The minimum Gasteiger partial charge on any atom is -0.497 e. The van der Waals surface area contributed by atoms with E-state index in [1.165, 1.54) is 11.1 Å². The van der Waals surface area contributed by atoms with E-state index in [9.17, 15) is 0 Å². The van der Waals surface area contributed by atoms with Crippen LogP contribution in [0, 0.1) is 5.92 Å². The quantitative estimate of drug-likeness (QED) is 0.673. The molecule has 1 aromatic carbocycles. The van der Waals surface area contributed by atoms with Crippen LogP contribution < -0.4 is 4.74 Å². The highest BCUT2D eigenvalue weighted by Gasteiger charge is 2.14. The van der Waals surface area contributed by atoms with Crippen molar-refractivity contribution in [1.29, 1.82) is 0 Å². The lowest BCUT2D eigenvalue weighted by molar-refractivity contribution is 0.414. The lowest BCUT2D eigenvalue weighted by Crippen LogP contribution is -2.06.